The first-order valence-electron chi connectivity index (χ1n) is 5.58. The summed E-state index contributed by atoms with van der Waals surface area (Å²) in [5.74, 6) is 0.654. The zero-order valence-corrected chi connectivity index (χ0v) is 12.8. The van der Waals surface area contributed by atoms with Gasteiger partial charge in [0.15, 0.2) is 0 Å². The maximum absolute atomic E-state index is 5.77. The number of fused-ring (bicyclic) bond motifs is 1. The highest BCUT2D eigenvalue weighted by Crippen LogP contribution is 2.29. The standard InChI is InChI=1S/C11H16BrN3OSi/c1-17(2,3)5-4-16-11-9-8(12)6-13-10(9)14-7-15-11/h6-7H,4-5H2,1-3H3,(H,13,14,15). The molecule has 0 saturated heterocycles. The number of rotatable bonds is 4. The molecule has 0 aliphatic heterocycles. The lowest BCUT2D eigenvalue weighted by Gasteiger charge is -2.15. The van der Waals surface area contributed by atoms with Crippen LogP contribution in [0.1, 0.15) is 0 Å². The molecule has 0 unspecified atom stereocenters. The van der Waals surface area contributed by atoms with E-state index in [4.69, 9.17) is 4.74 Å². The number of ether oxygens (including phenoxy) is 1. The highest BCUT2D eigenvalue weighted by atomic mass is 79.9. The van der Waals surface area contributed by atoms with Crippen LogP contribution in [0.2, 0.25) is 25.7 Å². The van der Waals surface area contributed by atoms with Crippen molar-refractivity contribution < 1.29 is 4.74 Å². The van der Waals surface area contributed by atoms with Crippen molar-refractivity contribution in [1.29, 1.82) is 0 Å². The van der Waals surface area contributed by atoms with Gasteiger partial charge in [-0.15, -0.1) is 0 Å². The lowest BCUT2D eigenvalue weighted by molar-refractivity contribution is 0.329. The van der Waals surface area contributed by atoms with E-state index in [1.54, 1.807) is 0 Å². The van der Waals surface area contributed by atoms with Gasteiger partial charge in [-0.3, -0.25) is 0 Å². The topological polar surface area (TPSA) is 50.8 Å². The first-order chi connectivity index (χ1) is 7.97. The minimum absolute atomic E-state index is 0.654. The second-order valence-corrected chi connectivity index (χ2v) is 11.7. The number of halogens is 1. The lowest BCUT2D eigenvalue weighted by atomic mass is 10.4. The second kappa shape index (κ2) is 4.78. The summed E-state index contributed by atoms with van der Waals surface area (Å²) in [6.45, 7) is 7.72. The van der Waals surface area contributed by atoms with Gasteiger partial charge in [0.1, 0.15) is 12.0 Å². The number of aromatic nitrogens is 3. The molecule has 0 aliphatic rings. The molecule has 1 N–H and O–H groups in total. The fourth-order valence-corrected chi connectivity index (χ4v) is 2.65. The zero-order chi connectivity index (χ0) is 12.5. The van der Waals surface area contributed by atoms with Gasteiger partial charge in [-0.05, 0) is 22.0 Å². The first-order valence-corrected chi connectivity index (χ1v) is 10.1. The van der Waals surface area contributed by atoms with Gasteiger partial charge in [0.25, 0.3) is 0 Å². The molecule has 0 radical (unpaired) electrons. The van der Waals surface area contributed by atoms with E-state index < -0.39 is 8.07 Å². The smallest absolute Gasteiger partial charge is 0.227 e. The number of aromatic amines is 1. The molecule has 0 amide bonds. The van der Waals surface area contributed by atoms with E-state index in [0.717, 1.165) is 28.2 Å². The number of hydrogen-bond donors (Lipinski definition) is 1. The summed E-state index contributed by atoms with van der Waals surface area (Å²) in [7, 11) is -1.06. The molecule has 2 aromatic rings. The summed E-state index contributed by atoms with van der Waals surface area (Å²) in [4.78, 5) is 11.4. The Morgan fingerprint density at radius 1 is 1.35 bits per heavy atom. The molecule has 0 saturated carbocycles. The Labute approximate surface area is 110 Å². The second-order valence-electron chi connectivity index (χ2n) is 5.20. The Balaban J connectivity index is 2.16. The Bertz CT molecular complexity index is 521. The van der Waals surface area contributed by atoms with Crippen molar-refractivity contribution in [3.05, 3.63) is 17.0 Å². The average Bonchev–Trinajstić information content (AvgIpc) is 2.60. The predicted molar refractivity (Wildman–Crippen MR) is 75.2 cm³/mol. The fraction of sp³-hybridized carbons (Fsp3) is 0.455. The molecule has 0 aliphatic carbocycles. The van der Waals surface area contributed by atoms with Gasteiger partial charge in [0.2, 0.25) is 5.88 Å². The van der Waals surface area contributed by atoms with Crippen LogP contribution < -0.4 is 4.74 Å². The van der Waals surface area contributed by atoms with E-state index in [1.165, 1.54) is 6.33 Å². The number of H-pyrrole nitrogens is 1. The molecular formula is C11H16BrN3OSi. The SMILES string of the molecule is C[Si](C)(C)CCOc1ncnc2[nH]cc(Br)c12. The van der Waals surface area contributed by atoms with E-state index >= 15 is 0 Å². The van der Waals surface area contributed by atoms with Crippen LogP contribution in [0.15, 0.2) is 17.0 Å². The monoisotopic (exact) mass is 313 g/mol. The summed E-state index contributed by atoms with van der Waals surface area (Å²) in [5, 5.41) is 0.920. The van der Waals surface area contributed by atoms with Crippen LogP contribution in [-0.4, -0.2) is 29.6 Å². The molecule has 6 heteroatoms. The Morgan fingerprint density at radius 2 is 2.12 bits per heavy atom. The molecule has 0 bridgehead atoms. The summed E-state index contributed by atoms with van der Waals surface area (Å²) in [5.41, 5.74) is 0.801. The highest BCUT2D eigenvalue weighted by Gasteiger charge is 2.15. The van der Waals surface area contributed by atoms with E-state index in [1.807, 2.05) is 6.20 Å². The summed E-state index contributed by atoms with van der Waals surface area (Å²) >= 11 is 3.47. The molecular weight excluding hydrogens is 298 g/mol. The van der Waals surface area contributed by atoms with Crippen molar-refractivity contribution in [2.45, 2.75) is 25.7 Å². The minimum atomic E-state index is -1.06. The molecule has 2 heterocycles. The van der Waals surface area contributed by atoms with Crippen molar-refractivity contribution in [2.24, 2.45) is 0 Å². The van der Waals surface area contributed by atoms with Crippen LogP contribution in [0.25, 0.3) is 11.0 Å². The zero-order valence-electron chi connectivity index (χ0n) is 10.2. The van der Waals surface area contributed by atoms with E-state index in [-0.39, 0.29) is 0 Å². The van der Waals surface area contributed by atoms with Crippen molar-refractivity contribution in [1.82, 2.24) is 15.0 Å². The molecule has 17 heavy (non-hydrogen) atoms. The third-order valence-electron chi connectivity index (χ3n) is 2.48. The normalized spacial score (nSPS) is 12.0. The van der Waals surface area contributed by atoms with Gasteiger partial charge in [0.05, 0.1) is 12.0 Å². The number of nitrogens with one attached hydrogen (secondary N) is 1. The summed E-state index contributed by atoms with van der Waals surface area (Å²) in [6.07, 6.45) is 3.37. The largest absolute Gasteiger partial charge is 0.477 e. The Kier molecular flexibility index (Phi) is 3.53. The summed E-state index contributed by atoms with van der Waals surface area (Å²) < 4.78 is 6.71. The maximum Gasteiger partial charge on any atom is 0.227 e. The average molecular weight is 314 g/mol. The van der Waals surface area contributed by atoms with Crippen molar-refractivity contribution in [3.63, 3.8) is 0 Å². The molecule has 2 rings (SSSR count). The molecule has 0 fully saturated rings. The van der Waals surface area contributed by atoms with Gasteiger partial charge in [-0.2, -0.15) is 0 Å². The molecule has 92 valence electrons. The van der Waals surface area contributed by atoms with Crippen LogP contribution in [0.5, 0.6) is 5.88 Å². The predicted octanol–water partition coefficient (Wildman–Crippen LogP) is 3.44. The van der Waals surface area contributed by atoms with Crippen molar-refractivity contribution in [3.8, 4) is 5.88 Å². The molecule has 0 aromatic carbocycles. The quantitative estimate of drug-likeness (QED) is 0.880. The van der Waals surface area contributed by atoms with Crippen LogP contribution in [0, 0.1) is 0 Å². The van der Waals surface area contributed by atoms with Gasteiger partial charge in [0, 0.05) is 18.7 Å². The fourth-order valence-electron chi connectivity index (χ4n) is 1.46. The van der Waals surface area contributed by atoms with Gasteiger partial charge in [-0.1, -0.05) is 19.6 Å². The van der Waals surface area contributed by atoms with Crippen molar-refractivity contribution in [2.75, 3.05) is 6.61 Å². The van der Waals surface area contributed by atoms with Crippen LogP contribution >= 0.6 is 15.9 Å². The third kappa shape index (κ3) is 3.07. The maximum atomic E-state index is 5.77. The van der Waals surface area contributed by atoms with Crippen LogP contribution in [0.3, 0.4) is 0 Å². The number of nitrogens with zero attached hydrogens (tertiary/aromatic N) is 2. The van der Waals surface area contributed by atoms with E-state index in [2.05, 4.69) is 50.5 Å². The lowest BCUT2D eigenvalue weighted by Crippen LogP contribution is -2.22. The molecule has 4 nitrogen and oxygen atoms in total. The molecule has 0 atom stereocenters. The molecule has 0 spiro atoms. The Morgan fingerprint density at radius 3 is 2.82 bits per heavy atom. The van der Waals surface area contributed by atoms with E-state index in [0.29, 0.717) is 5.88 Å². The molecule has 2 aromatic heterocycles. The Hall–Kier alpha value is -0.883. The van der Waals surface area contributed by atoms with Crippen molar-refractivity contribution >= 4 is 35.0 Å². The number of hydrogen-bond acceptors (Lipinski definition) is 3. The highest BCUT2D eigenvalue weighted by molar-refractivity contribution is 9.10. The minimum Gasteiger partial charge on any atom is -0.477 e. The summed E-state index contributed by atoms with van der Waals surface area (Å²) in [6, 6.07) is 1.13. The van der Waals surface area contributed by atoms with E-state index in [9.17, 15) is 0 Å². The van der Waals surface area contributed by atoms with Crippen LogP contribution in [-0.2, 0) is 0 Å². The van der Waals surface area contributed by atoms with Gasteiger partial charge in [-0.25, -0.2) is 9.97 Å². The van der Waals surface area contributed by atoms with Gasteiger partial charge < -0.3 is 9.72 Å². The third-order valence-corrected chi connectivity index (χ3v) is 4.81. The van der Waals surface area contributed by atoms with Gasteiger partial charge >= 0.3 is 0 Å². The first kappa shape index (κ1) is 12.6. The van der Waals surface area contributed by atoms with Crippen LogP contribution in [0.4, 0.5) is 0 Å².